The summed E-state index contributed by atoms with van der Waals surface area (Å²) in [4.78, 5) is 22.2. The van der Waals surface area contributed by atoms with Gasteiger partial charge in [-0.15, -0.1) is 11.8 Å². The molecule has 0 fully saturated rings. The van der Waals surface area contributed by atoms with Crippen molar-refractivity contribution in [1.29, 1.82) is 0 Å². The topological polar surface area (TPSA) is 66.9 Å². The minimum atomic E-state index is -0.0978. The van der Waals surface area contributed by atoms with Crippen molar-refractivity contribution in [1.82, 2.24) is 9.97 Å². The van der Waals surface area contributed by atoms with Gasteiger partial charge in [0.25, 0.3) is 5.91 Å². The molecule has 1 aromatic heterocycles. The van der Waals surface area contributed by atoms with Crippen molar-refractivity contribution < 1.29 is 4.79 Å². The van der Waals surface area contributed by atoms with E-state index in [0.29, 0.717) is 11.5 Å². The molecule has 2 aromatic carbocycles. The number of aromatic nitrogens is 2. The maximum atomic E-state index is 12.2. The number of benzene rings is 2. The first-order chi connectivity index (χ1) is 13.7. The van der Waals surface area contributed by atoms with Crippen molar-refractivity contribution in [3.05, 3.63) is 77.7 Å². The Morgan fingerprint density at radius 1 is 1.11 bits per heavy atom. The zero-order valence-corrected chi connectivity index (χ0v) is 16.5. The minimum absolute atomic E-state index is 0.0978. The second kappa shape index (κ2) is 8.44. The molecule has 0 radical (unpaired) electrons. The molecule has 6 heteroatoms. The standard InChI is InChI=1S/C22H22N4OS/c1-15-13-28-20-19(15)24-14-25-21(20)23-12-11-16-7-9-18(10-8-16)26-22(27)17-5-3-2-4-6-17/h2-10,14-15H,11-13H2,1H3,(H,26,27)(H,23,24,25). The summed E-state index contributed by atoms with van der Waals surface area (Å²) in [6.45, 7) is 3.00. The summed E-state index contributed by atoms with van der Waals surface area (Å²) < 4.78 is 0. The quantitative estimate of drug-likeness (QED) is 0.644. The van der Waals surface area contributed by atoms with Crippen molar-refractivity contribution in [2.75, 3.05) is 22.9 Å². The predicted octanol–water partition coefficient (Wildman–Crippen LogP) is 4.59. The van der Waals surface area contributed by atoms with E-state index in [9.17, 15) is 4.79 Å². The van der Waals surface area contributed by atoms with E-state index >= 15 is 0 Å². The zero-order chi connectivity index (χ0) is 19.3. The molecule has 0 bridgehead atoms. The number of nitrogens with zero attached hydrogens (tertiary/aromatic N) is 2. The van der Waals surface area contributed by atoms with Gasteiger partial charge in [0, 0.05) is 29.5 Å². The monoisotopic (exact) mass is 390 g/mol. The maximum Gasteiger partial charge on any atom is 0.255 e. The van der Waals surface area contributed by atoms with Gasteiger partial charge in [-0.2, -0.15) is 0 Å². The van der Waals surface area contributed by atoms with Gasteiger partial charge in [-0.25, -0.2) is 9.97 Å². The van der Waals surface area contributed by atoms with Gasteiger partial charge in [-0.3, -0.25) is 4.79 Å². The van der Waals surface area contributed by atoms with Gasteiger partial charge >= 0.3 is 0 Å². The fraction of sp³-hybridized carbons (Fsp3) is 0.227. The second-order valence-electron chi connectivity index (χ2n) is 6.84. The van der Waals surface area contributed by atoms with Crippen molar-refractivity contribution in [2.45, 2.75) is 24.2 Å². The molecule has 1 unspecified atom stereocenters. The molecule has 2 heterocycles. The molecule has 0 saturated carbocycles. The average molecular weight is 391 g/mol. The van der Waals surface area contributed by atoms with Gasteiger partial charge in [0.1, 0.15) is 12.1 Å². The average Bonchev–Trinajstić information content (AvgIpc) is 3.12. The Balaban J connectivity index is 1.31. The molecule has 3 aromatic rings. The smallest absolute Gasteiger partial charge is 0.255 e. The molecule has 4 rings (SSSR count). The van der Waals surface area contributed by atoms with Crippen LogP contribution in [0.2, 0.25) is 0 Å². The number of hydrogen-bond donors (Lipinski definition) is 2. The lowest BCUT2D eigenvalue weighted by Crippen LogP contribution is -2.11. The van der Waals surface area contributed by atoms with Gasteiger partial charge in [0.15, 0.2) is 0 Å². The highest BCUT2D eigenvalue weighted by molar-refractivity contribution is 7.99. The number of fused-ring (bicyclic) bond motifs is 1. The molecule has 28 heavy (non-hydrogen) atoms. The Morgan fingerprint density at radius 2 is 1.89 bits per heavy atom. The van der Waals surface area contributed by atoms with Crippen LogP contribution < -0.4 is 10.6 Å². The highest BCUT2D eigenvalue weighted by Gasteiger charge is 2.24. The van der Waals surface area contributed by atoms with Crippen LogP contribution in [0.5, 0.6) is 0 Å². The van der Waals surface area contributed by atoms with E-state index in [2.05, 4.69) is 27.5 Å². The van der Waals surface area contributed by atoms with Gasteiger partial charge < -0.3 is 10.6 Å². The van der Waals surface area contributed by atoms with Crippen molar-refractivity contribution in [2.24, 2.45) is 0 Å². The van der Waals surface area contributed by atoms with Crippen LogP contribution in [0.3, 0.4) is 0 Å². The third-order valence-corrected chi connectivity index (χ3v) is 6.09. The number of anilines is 2. The number of thioether (sulfide) groups is 1. The Bertz CT molecular complexity index is 960. The summed E-state index contributed by atoms with van der Waals surface area (Å²) in [5.74, 6) is 2.39. The number of hydrogen-bond acceptors (Lipinski definition) is 5. The van der Waals surface area contributed by atoms with Gasteiger partial charge in [0.2, 0.25) is 0 Å². The fourth-order valence-corrected chi connectivity index (χ4v) is 4.40. The summed E-state index contributed by atoms with van der Waals surface area (Å²) in [6.07, 6.45) is 2.53. The van der Waals surface area contributed by atoms with Crippen LogP contribution in [-0.4, -0.2) is 28.2 Å². The molecule has 142 valence electrons. The lowest BCUT2D eigenvalue weighted by molar-refractivity contribution is 0.102. The van der Waals surface area contributed by atoms with Crippen molar-refractivity contribution >= 4 is 29.2 Å². The van der Waals surface area contributed by atoms with Crippen LogP contribution in [0.1, 0.15) is 34.5 Å². The van der Waals surface area contributed by atoms with Gasteiger partial charge in [-0.05, 0) is 36.2 Å². The van der Waals surface area contributed by atoms with Crippen LogP contribution in [0, 0.1) is 0 Å². The highest BCUT2D eigenvalue weighted by atomic mass is 32.2. The Morgan fingerprint density at radius 3 is 2.68 bits per heavy atom. The fourth-order valence-electron chi connectivity index (χ4n) is 3.17. The largest absolute Gasteiger partial charge is 0.369 e. The van der Waals surface area contributed by atoms with Crippen LogP contribution in [0.4, 0.5) is 11.5 Å². The molecule has 0 aliphatic carbocycles. The first-order valence-corrected chi connectivity index (χ1v) is 10.4. The van der Waals surface area contributed by atoms with Crippen LogP contribution in [-0.2, 0) is 6.42 Å². The molecule has 1 aliphatic heterocycles. The Hall–Kier alpha value is -2.86. The summed E-state index contributed by atoms with van der Waals surface area (Å²) in [5.41, 5.74) is 3.81. The lowest BCUT2D eigenvalue weighted by atomic mass is 10.1. The van der Waals surface area contributed by atoms with Crippen molar-refractivity contribution in [3.63, 3.8) is 0 Å². The Labute approximate surface area is 169 Å². The maximum absolute atomic E-state index is 12.2. The molecule has 0 spiro atoms. The van der Waals surface area contributed by atoms with E-state index in [1.807, 2.05) is 54.2 Å². The van der Waals surface area contributed by atoms with E-state index in [4.69, 9.17) is 0 Å². The summed E-state index contributed by atoms with van der Waals surface area (Å²) in [5, 5.41) is 6.37. The van der Waals surface area contributed by atoms with E-state index in [1.54, 1.807) is 18.5 Å². The normalized spacial score (nSPS) is 15.1. The van der Waals surface area contributed by atoms with Crippen molar-refractivity contribution in [3.8, 4) is 0 Å². The molecular weight excluding hydrogens is 368 g/mol. The SMILES string of the molecule is CC1CSc2c(NCCc3ccc(NC(=O)c4ccccc4)cc3)ncnc21. The summed E-state index contributed by atoms with van der Waals surface area (Å²) in [7, 11) is 0. The molecule has 1 aliphatic rings. The van der Waals surface area contributed by atoms with Crippen LogP contribution >= 0.6 is 11.8 Å². The molecule has 1 amide bonds. The molecule has 5 nitrogen and oxygen atoms in total. The van der Waals surface area contributed by atoms with Crippen LogP contribution in [0.25, 0.3) is 0 Å². The lowest BCUT2D eigenvalue weighted by Gasteiger charge is -2.10. The summed E-state index contributed by atoms with van der Waals surface area (Å²) >= 11 is 1.83. The van der Waals surface area contributed by atoms with E-state index < -0.39 is 0 Å². The predicted molar refractivity (Wildman–Crippen MR) is 114 cm³/mol. The Kier molecular flexibility index (Phi) is 5.58. The second-order valence-corrected chi connectivity index (χ2v) is 7.87. The van der Waals surface area contributed by atoms with E-state index in [0.717, 1.165) is 35.9 Å². The van der Waals surface area contributed by atoms with E-state index in [1.165, 1.54) is 10.5 Å². The number of nitrogens with one attached hydrogen (secondary N) is 2. The zero-order valence-electron chi connectivity index (χ0n) is 15.7. The molecule has 2 N–H and O–H groups in total. The number of amides is 1. The highest BCUT2D eigenvalue weighted by Crippen LogP contribution is 2.41. The molecule has 0 saturated heterocycles. The third-order valence-electron chi connectivity index (χ3n) is 4.73. The first-order valence-electron chi connectivity index (χ1n) is 9.37. The van der Waals surface area contributed by atoms with E-state index in [-0.39, 0.29) is 5.91 Å². The first kappa shape index (κ1) is 18.5. The molecular formula is C22H22N4OS. The number of carbonyl (C=O) groups excluding carboxylic acids is 1. The minimum Gasteiger partial charge on any atom is -0.369 e. The van der Waals surface area contributed by atoms with Gasteiger partial charge in [-0.1, -0.05) is 37.3 Å². The summed E-state index contributed by atoms with van der Waals surface area (Å²) in [6, 6.07) is 17.2. The number of carbonyl (C=O) groups is 1. The van der Waals surface area contributed by atoms with Crippen LogP contribution in [0.15, 0.2) is 65.8 Å². The number of rotatable bonds is 6. The third kappa shape index (κ3) is 4.17. The molecule has 1 atom stereocenters. The van der Waals surface area contributed by atoms with Gasteiger partial charge in [0.05, 0.1) is 10.6 Å².